The second-order valence-electron chi connectivity index (χ2n) is 5.28. The van der Waals surface area contributed by atoms with Crippen LogP contribution in [0.1, 0.15) is 41.5 Å². The Labute approximate surface area is 115 Å². The largest absolute Gasteiger partial charge is 0.379 e. The lowest BCUT2D eigenvalue weighted by molar-refractivity contribution is 0.145. The molecule has 0 fully saturated rings. The fourth-order valence-corrected chi connectivity index (χ4v) is 6.38. The molecular weight excluding hydrogens is 267 g/mol. The first-order chi connectivity index (χ1) is 8.14. The molecule has 0 aromatic rings. The highest BCUT2D eigenvalue weighted by Gasteiger charge is 2.34. The highest BCUT2D eigenvalue weighted by Crippen LogP contribution is 2.51. The number of hydrogen-bond acceptors (Lipinski definition) is 3. The summed E-state index contributed by atoms with van der Waals surface area (Å²) in [4.78, 5) is 0. The van der Waals surface area contributed by atoms with Crippen LogP contribution in [0.2, 0.25) is 0 Å². The molecule has 108 valence electrons. The Hall–Kier alpha value is 0.240. The Morgan fingerprint density at radius 3 is 1.94 bits per heavy atom. The van der Waals surface area contributed by atoms with Gasteiger partial charge in [0.2, 0.25) is 5.49 Å². The molecule has 0 aliphatic carbocycles. The van der Waals surface area contributed by atoms with E-state index in [0.29, 0.717) is 5.49 Å². The fourth-order valence-electron chi connectivity index (χ4n) is 1.36. The molecule has 0 aromatic carbocycles. The first-order valence-electron chi connectivity index (χ1n) is 6.33. The van der Waals surface area contributed by atoms with Crippen molar-refractivity contribution in [3.63, 3.8) is 0 Å². The number of rotatable bonds is 8. The maximum atomic E-state index is 12.6. The van der Waals surface area contributed by atoms with Crippen LogP contribution >= 0.6 is 7.60 Å². The van der Waals surface area contributed by atoms with Gasteiger partial charge in [-0.15, -0.1) is 0 Å². The van der Waals surface area contributed by atoms with Crippen LogP contribution in [0.15, 0.2) is 11.6 Å². The van der Waals surface area contributed by atoms with Crippen molar-refractivity contribution in [2.24, 2.45) is 0 Å². The van der Waals surface area contributed by atoms with E-state index in [-0.39, 0.29) is 23.1 Å². The average molecular weight is 295 g/mol. The van der Waals surface area contributed by atoms with Crippen molar-refractivity contribution in [2.75, 3.05) is 17.5 Å². The van der Waals surface area contributed by atoms with Crippen molar-refractivity contribution < 1.29 is 13.6 Å². The molecule has 5 heteroatoms. The Morgan fingerprint density at radius 2 is 1.61 bits per heavy atom. The predicted molar refractivity (Wildman–Crippen MR) is 82.5 cm³/mol. The molecule has 1 unspecified atom stereocenters. The second-order valence-corrected chi connectivity index (χ2v) is 9.85. The van der Waals surface area contributed by atoms with Gasteiger partial charge >= 0.3 is 7.60 Å². The van der Waals surface area contributed by atoms with Gasteiger partial charge in [-0.05, 0) is 47.6 Å². The highest BCUT2D eigenvalue weighted by molar-refractivity contribution is 8.01. The zero-order valence-corrected chi connectivity index (χ0v) is 14.4. The zero-order chi connectivity index (χ0) is 14.3. The van der Waals surface area contributed by atoms with E-state index < -0.39 is 7.60 Å². The normalized spacial score (nSPS) is 14.1. The minimum absolute atomic E-state index is 0.0176. The summed E-state index contributed by atoms with van der Waals surface area (Å²) in [5.74, 6) is 0.940. The summed E-state index contributed by atoms with van der Waals surface area (Å²) in [5, 5.41) is 0. The Kier molecular flexibility index (Phi) is 8.53. The van der Waals surface area contributed by atoms with Crippen LogP contribution in [0.4, 0.5) is 0 Å². The summed E-state index contributed by atoms with van der Waals surface area (Å²) >= 11 is 0. The monoisotopic (exact) mass is 295 g/mol. The van der Waals surface area contributed by atoms with Gasteiger partial charge in [0.25, 0.3) is 0 Å². The third-order valence-corrected chi connectivity index (χ3v) is 7.15. The molecule has 0 amide bonds. The van der Waals surface area contributed by atoms with Crippen LogP contribution in [0.25, 0.3) is 0 Å². The number of allylic oxidation sites excluding steroid dienone is 1. The van der Waals surface area contributed by atoms with Crippen molar-refractivity contribution in [3.8, 4) is 0 Å². The Morgan fingerprint density at radius 1 is 1.17 bits per heavy atom. The van der Waals surface area contributed by atoms with Crippen LogP contribution in [-0.4, -0.2) is 29.7 Å². The van der Waals surface area contributed by atoms with E-state index >= 15 is 0 Å². The van der Waals surface area contributed by atoms with Gasteiger partial charge in [-0.1, -0.05) is 5.57 Å². The second kappa shape index (κ2) is 8.42. The van der Waals surface area contributed by atoms with E-state index in [2.05, 4.69) is 26.2 Å². The summed E-state index contributed by atoms with van der Waals surface area (Å²) in [6, 6.07) is 0. The molecular formula is C13H28O3PS+. The first-order valence-corrected chi connectivity index (χ1v) is 10.0. The molecule has 18 heavy (non-hydrogen) atoms. The summed E-state index contributed by atoms with van der Waals surface area (Å²) in [7, 11) is -2.95. The molecule has 0 saturated carbocycles. The van der Waals surface area contributed by atoms with E-state index in [4.69, 9.17) is 9.05 Å². The van der Waals surface area contributed by atoms with Gasteiger partial charge in [-0.2, -0.15) is 0 Å². The quantitative estimate of drug-likeness (QED) is 0.382. The molecule has 0 aliphatic heterocycles. The predicted octanol–water partition coefficient (Wildman–Crippen LogP) is 4.20. The summed E-state index contributed by atoms with van der Waals surface area (Å²) < 4.78 is 23.7. The van der Waals surface area contributed by atoms with Crippen LogP contribution in [0, 0.1) is 0 Å². The molecule has 0 rings (SSSR count). The van der Waals surface area contributed by atoms with Gasteiger partial charge in [-0.25, -0.2) is 0 Å². The summed E-state index contributed by atoms with van der Waals surface area (Å²) in [5.41, 5.74) is 1.80. The van der Waals surface area contributed by atoms with Crippen LogP contribution < -0.4 is 0 Å². The van der Waals surface area contributed by atoms with E-state index in [0.717, 1.165) is 5.75 Å². The van der Waals surface area contributed by atoms with Crippen LogP contribution in [0.5, 0.6) is 0 Å². The van der Waals surface area contributed by atoms with E-state index in [1.165, 1.54) is 5.57 Å². The molecule has 0 bridgehead atoms. The highest BCUT2D eigenvalue weighted by atomic mass is 32.2. The van der Waals surface area contributed by atoms with Gasteiger partial charge in [0.15, 0.2) is 0 Å². The SMILES string of the molecule is CC(C)=CC[S+](C)CP(=O)(OC(C)C)OC(C)C. The molecule has 0 aromatic heterocycles. The van der Waals surface area contributed by atoms with E-state index in [1.54, 1.807) is 0 Å². The molecule has 0 radical (unpaired) electrons. The van der Waals surface area contributed by atoms with Crippen molar-refractivity contribution >= 4 is 18.5 Å². The molecule has 3 nitrogen and oxygen atoms in total. The third-order valence-electron chi connectivity index (χ3n) is 1.90. The van der Waals surface area contributed by atoms with Gasteiger partial charge in [0.05, 0.1) is 18.5 Å². The maximum absolute atomic E-state index is 12.6. The smallest absolute Gasteiger partial charge is 0.303 e. The van der Waals surface area contributed by atoms with Gasteiger partial charge < -0.3 is 9.05 Å². The van der Waals surface area contributed by atoms with Crippen molar-refractivity contribution in [2.45, 2.75) is 53.8 Å². The number of hydrogen-bond donors (Lipinski definition) is 0. The Bertz CT molecular complexity index is 295. The molecule has 0 N–H and O–H groups in total. The van der Waals surface area contributed by atoms with Crippen molar-refractivity contribution in [1.29, 1.82) is 0 Å². The van der Waals surface area contributed by atoms with Gasteiger partial charge in [0.1, 0.15) is 5.75 Å². The van der Waals surface area contributed by atoms with Crippen molar-refractivity contribution in [1.82, 2.24) is 0 Å². The molecule has 0 spiro atoms. The molecule has 0 saturated heterocycles. The fraction of sp³-hybridized carbons (Fsp3) is 0.846. The minimum atomic E-state index is -2.96. The van der Waals surface area contributed by atoms with Gasteiger partial charge in [0, 0.05) is 10.9 Å². The minimum Gasteiger partial charge on any atom is -0.303 e. The first kappa shape index (κ1) is 18.2. The van der Waals surface area contributed by atoms with Crippen LogP contribution in [0.3, 0.4) is 0 Å². The van der Waals surface area contributed by atoms with E-state index in [1.807, 2.05) is 27.7 Å². The standard InChI is InChI=1S/C13H28O3PS/c1-11(2)8-9-18(7)10-17(14,15-12(3)4)16-13(5)6/h8,12-13H,9-10H2,1-7H3/q+1. The molecule has 1 atom stereocenters. The van der Waals surface area contributed by atoms with Crippen LogP contribution in [-0.2, 0) is 24.5 Å². The van der Waals surface area contributed by atoms with Gasteiger partial charge in [-0.3, -0.25) is 4.57 Å². The lowest BCUT2D eigenvalue weighted by Crippen LogP contribution is -2.16. The lowest BCUT2D eigenvalue weighted by Gasteiger charge is -2.21. The van der Waals surface area contributed by atoms with Crippen molar-refractivity contribution in [3.05, 3.63) is 11.6 Å². The summed E-state index contributed by atoms with van der Waals surface area (Å²) in [6.45, 7) is 11.7. The third kappa shape index (κ3) is 9.21. The maximum Gasteiger partial charge on any atom is 0.379 e. The molecule has 0 aliphatic rings. The average Bonchev–Trinajstić information content (AvgIpc) is 2.10. The topological polar surface area (TPSA) is 35.5 Å². The zero-order valence-electron chi connectivity index (χ0n) is 12.7. The molecule has 0 heterocycles. The van der Waals surface area contributed by atoms with E-state index in [9.17, 15) is 4.57 Å². The lowest BCUT2D eigenvalue weighted by atomic mass is 10.3. The Balaban J connectivity index is 4.58. The summed E-state index contributed by atoms with van der Waals surface area (Å²) in [6.07, 6.45) is 4.14.